The highest BCUT2D eigenvalue weighted by Crippen LogP contribution is 2.11. The summed E-state index contributed by atoms with van der Waals surface area (Å²) >= 11 is 1.67. The molecule has 0 saturated carbocycles. The minimum Gasteiger partial charge on any atom is -0.334 e. The molecule has 0 aliphatic carbocycles. The summed E-state index contributed by atoms with van der Waals surface area (Å²) in [5.74, 6) is -0.0317. The van der Waals surface area contributed by atoms with E-state index in [1.165, 1.54) is 4.88 Å². The van der Waals surface area contributed by atoms with Gasteiger partial charge in [0.2, 0.25) is 0 Å². The SMILES string of the molecule is CC1CN(C(=O)c2cn(Cc3cccs3)nn2)CCN1. The topological polar surface area (TPSA) is 63.1 Å². The minimum absolute atomic E-state index is 0.0317. The minimum atomic E-state index is -0.0317. The molecule has 2 aromatic rings. The summed E-state index contributed by atoms with van der Waals surface area (Å²) in [6.07, 6.45) is 1.73. The van der Waals surface area contributed by atoms with Gasteiger partial charge >= 0.3 is 0 Å². The average molecular weight is 291 g/mol. The Morgan fingerprint density at radius 3 is 3.25 bits per heavy atom. The fraction of sp³-hybridized carbons (Fsp3) is 0.462. The molecule has 20 heavy (non-hydrogen) atoms. The van der Waals surface area contributed by atoms with Crippen molar-refractivity contribution in [2.24, 2.45) is 0 Å². The highest BCUT2D eigenvalue weighted by atomic mass is 32.1. The fourth-order valence-corrected chi connectivity index (χ4v) is 3.01. The van der Waals surface area contributed by atoms with Gasteiger partial charge in [-0.05, 0) is 18.4 Å². The third-order valence-electron chi connectivity index (χ3n) is 3.31. The summed E-state index contributed by atoms with van der Waals surface area (Å²) < 4.78 is 1.71. The van der Waals surface area contributed by atoms with Gasteiger partial charge in [-0.15, -0.1) is 16.4 Å². The Bertz CT molecular complexity index is 579. The summed E-state index contributed by atoms with van der Waals surface area (Å²) in [5, 5.41) is 13.4. The zero-order valence-corrected chi connectivity index (χ0v) is 12.1. The van der Waals surface area contributed by atoms with Gasteiger partial charge in [0.05, 0.1) is 12.7 Å². The highest BCUT2D eigenvalue weighted by molar-refractivity contribution is 7.09. The number of piperazine rings is 1. The van der Waals surface area contributed by atoms with Gasteiger partial charge in [-0.2, -0.15) is 0 Å². The Morgan fingerprint density at radius 2 is 2.50 bits per heavy atom. The van der Waals surface area contributed by atoms with Gasteiger partial charge in [0.1, 0.15) is 0 Å². The molecule has 0 spiro atoms. The van der Waals surface area contributed by atoms with Crippen molar-refractivity contribution in [2.75, 3.05) is 19.6 Å². The van der Waals surface area contributed by atoms with Gasteiger partial charge in [0.25, 0.3) is 5.91 Å². The molecule has 3 heterocycles. The molecule has 0 bridgehead atoms. The van der Waals surface area contributed by atoms with Crippen LogP contribution in [-0.2, 0) is 6.54 Å². The number of rotatable bonds is 3. The van der Waals surface area contributed by atoms with Gasteiger partial charge in [-0.3, -0.25) is 4.79 Å². The number of nitrogens with one attached hydrogen (secondary N) is 1. The number of thiophene rings is 1. The lowest BCUT2D eigenvalue weighted by Gasteiger charge is -2.31. The van der Waals surface area contributed by atoms with Crippen molar-refractivity contribution in [1.29, 1.82) is 0 Å². The maximum Gasteiger partial charge on any atom is 0.276 e. The first-order chi connectivity index (χ1) is 9.72. The van der Waals surface area contributed by atoms with E-state index in [0.717, 1.165) is 19.6 Å². The molecule has 1 fully saturated rings. The Labute approximate surface area is 121 Å². The monoisotopic (exact) mass is 291 g/mol. The summed E-state index contributed by atoms with van der Waals surface area (Å²) in [7, 11) is 0. The van der Waals surface area contributed by atoms with Crippen LogP contribution in [0.25, 0.3) is 0 Å². The molecular formula is C13H17N5OS. The highest BCUT2D eigenvalue weighted by Gasteiger charge is 2.23. The van der Waals surface area contributed by atoms with Crippen LogP contribution in [0.2, 0.25) is 0 Å². The molecule has 1 amide bonds. The Kier molecular flexibility index (Phi) is 3.79. The molecule has 0 aromatic carbocycles. The lowest BCUT2D eigenvalue weighted by molar-refractivity contribution is 0.0703. The maximum atomic E-state index is 12.3. The summed E-state index contributed by atoms with van der Waals surface area (Å²) in [4.78, 5) is 15.4. The predicted octanol–water partition coefficient (Wildman–Crippen LogP) is 0.822. The van der Waals surface area contributed by atoms with Crippen LogP contribution in [-0.4, -0.2) is 51.5 Å². The summed E-state index contributed by atoms with van der Waals surface area (Å²) in [6, 6.07) is 4.38. The van der Waals surface area contributed by atoms with Crippen LogP contribution < -0.4 is 5.32 Å². The van der Waals surface area contributed by atoms with E-state index in [-0.39, 0.29) is 5.91 Å². The first-order valence-electron chi connectivity index (χ1n) is 6.67. The zero-order chi connectivity index (χ0) is 13.9. The number of nitrogens with zero attached hydrogens (tertiary/aromatic N) is 4. The molecular weight excluding hydrogens is 274 g/mol. The van der Waals surface area contributed by atoms with Gasteiger partial charge in [0.15, 0.2) is 5.69 Å². The smallest absolute Gasteiger partial charge is 0.276 e. The van der Waals surface area contributed by atoms with Crippen molar-refractivity contribution in [3.8, 4) is 0 Å². The van der Waals surface area contributed by atoms with Gasteiger partial charge in [0, 0.05) is 30.6 Å². The predicted molar refractivity (Wildman–Crippen MR) is 76.8 cm³/mol. The van der Waals surface area contributed by atoms with Crippen molar-refractivity contribution in [3.05, 3.63) is 34.3 Å². The number of aromatic nitrogens is 3. The van der Waals surface area contributed by atoms with Crippen molar-refractivity contribution < 1.29 is 4.79 Å². The zero-order valence-electron chi connectivity index (χ0n) is 11.3. The molecule has 6 nitrogen and oxygen atoms in total. The van der Waals surface area contributed by atoms with Crippen molar-refractivity contribution >= 4 is 17.2 Å². The van der Waals surface area contributed by atoms with Crippen molar-refractivity contribution in [1.82, 2.24) is 25.2 Å². The van der Waals surface area contributed by atoms with E-state index in [1.807, 2.05) is 22.4 Å². The fourth-order valence-electron chi connectivity index (χ4n) is 2.31. The molecule has 3 rings (SSSR count). The Hall–Kier alpha value is -1.73. The number of amides is 1. The number of carbonyl (C=O) groups excluding carboxylic acids is 1. The van der Waals surface area contributed by atoms with E-state index in [1.54, 1.807) is 22.2 Å². The van der Waals surface area contributed by atoms with E-state index in [2.05, 4.69) is 22.6 Å². The van der Waals surface area contributed by atoms with E-state index >= 15 is 0 Å². The maximum absolute atomic E-state index is 12.3. The second kappa shape index (κ2) is 5.72. The Balaban J connectivity index is 1.68. The van der Waals surface area contributed by atoms with Gasteiger partial charge in [-0.25, -0.2) is 4.68 Å². The van der Waals surface area contributed by atoms with E-state index < -0.39 is 0 Å². The standard InChI is InChI=1S/C13H17N5OS/c1-10-7-17(5-4-14-10)13(19)12-9-18(16-15-12)8-11-3-2-6-20-11/h2-3,6,9-10,14H,4-5,7-8H2,1H3. The summed E-state index contributed by atoms with van der Waals surface area (Å²) in [6.45, 7) is 5.01. The second-order valence-corrected chi connectivity index (χ2v) is 6.02. The normalized spacial score (nSPS) is 19.2. The molecule has 7 heteroatoms. The van der Waals surface area contributed by atoms with Crippen LogP contribution >= 0.6 is 11.3 Å². The van der Waals surface area contributed by atoms with E-state index in [4.69, 9.17) is 0 Å². The quantitative estimate of drug-likeness (QED) is 0.909. The molecule has 1 unspecified atom stereocenters. The lowest BCUT2D eigenvalue weighted by Crippen LogP contribution is -2.51. The average Bonchev–Trinajstić information content (AvgIpc) is 3.10. The third kappa shape index (κ3) is 2.88. The number of hydrogen-bond acceptors (Lipinski definition) is 5. The molecule has 1 saturated heterocycles. The van der Waals surface area contributed by atoms with Crippen molar-refractivity contribution in [2.45, 2.75) is 19.5 Å². The molecule has 1 aliphatic rings. The van der Waals surface area contributed by atoms with Crippen LogP contribution in [0, 0.1) is 0 Å². The molecule has 1 N–H and O–H groups in total. The Morgan fingerprint density at radius 1 is 1.60 bits per heavy atom. The van der Waals surface area contributed by atoms with E-state index in [9.17, 15) is 4.79 Å². The molecule has 0 radical (unpaired) electrons. The van der Waals surface area contributed by atoms with Crippen LogP contribution in [0.1, 0.15) is 22.3 Å². The lowest BCUT2D eigenvalue weighted by atomic mass is 10.2. The van der Waals surface area contributed by atoms with Gasteiger partial charge in [-0.1, -0.05) is 11.3 Å². The molecule has 2 aromatic heterocycles. The molecule has 106 valence electrons. The third-order valence-corrected chi connectivity index (χ3v) is 4.17. The first kappa shape index (κ1) is 13.3. The van der Waals surface area contributed by atoms with Crippen LogP contribution in [0.3, 0.4) is 0 Å². The van der Waals surface area contributed by atoms with Crippen molar-refractivity contribution in [3.63, 3.8) is 0 Å². The molecule has 1 atom stereocenters. The molecule has 1 aliphatic heterocycles. The second-order valence-electron chi connectivity index (χ2n) is 4.99. The number of hydrogen-bond donors (Lipinski definition) is 1. The van der Waals surface area contributed by atoms with Crippen LogP contribution in [0.5, 0.6) is 0 Å². The first-order valence-corrected chi connectivity index (χ1v) is 7.55. The summed E-state index contributed by atoms with van der Waals surface area (Å²) in [5.41, 5.74) is 0.427. The van der Waals surface area contributed by atoms with Gasteiger partial charge < -0.3 is 10.2 Å². The van der Waals surface area contributed by atoms with Crippen LogP contribution in [0.4, 0.5) is 0 Å². The van der Waals surface area contributed by atoms with E-state index in [0.29, 0.717) is 18.3 Å². The number of carbonyl (C=O) groups is 1. The largest absolute Gasteiger partial charge is 0.334 e. The van der Waals surface area contributed by atoms with Crippen LogP contribution in [0.15, 0.2) is 23.7 Å².